The highest BCUT2D eigenvalue weighted by molar-refractivity contribution is 5.96. The SMILES string of the molecule is O=C(NCc1ccco1)c1cnn2c1OCCC2. The molecular weight excluding hydrogens is 234 g/mol. The first kappa shape index (κ1) is 10.9. The van der Waals surface area contributed by atoms with E-state index >= 15 is 0 Å². The van der Waals surface area contributed by atoms with Crippen LogP contribution >= 0.6 is 0 Å². The monoisotopic (exact) mass is 247 g/mol. The lowest BCUT2D eigenvalue weighted by Gasteiger charge is -2.15. The number of furan rings is 1. The zero-order chi connectivity index (χ0) is 12.4. The third-order valence-corrected chi connectivity index (χ3v) is 2.79. The number of carbonyl (C=O) groups is 1. The van der Waals surface area contributed by atoms with Crippen LogP contribution in [-0.4, -0.2) is 22.3 Å². The van der Waals surface area contributed by atoms with E-state index in [4.69, 9.17) is 9.15 Å². The Hall–Kier alpha value is -2.24. The summed E-state index contributed by atoms with van der Waals surface area (Å²) in [6.07, 6.45) is 4.03. The Kier molecular flexibility index (Phi) is 2.76. The van der Waals surface area contributed by atoms with E-state index in [1.807, 2.05) is 6.07 Å². The van der Waals surface area contributed by atoms with E-state index in [0.717, 1.165) is 13.0 Å². The van der Waals surface area contributed by atoms with Crippen LogP contribution in [0.2, 0.25) is 0 Å². The summed E-state index contributed by atoms with van der Waals surface area (Å²) in [6.45, 7) is 1.78. The first-order valence-corrected chi connectivity index (χ1v) is 5.84. The summed E-state index contributed by atoms with van der Waals surface area (Å²) < 4.78 is 12.3. The van der Waals surface area contributed by atoms with Crippen molar-refractivity contribution >= 4 is 5.91 Å². The van der Waals surface area contributed by atoms with Gasteiger partial charge in [0.25, 0.3) is 5.91 Å². The lowest BCUT2D eigenvalue weighted by molar-refractivity contribution is 0.0941. The highest BCUT2D eigenvalue weighted by Crippen LogP contribution is 2.22. The predicted octanol–water partition coefficient (Wildman–Crippen LogP) is 1.19. The second kappa shape index (κ2) is 4.56. The molecule has 0 radical (unpaired) electrons. The van der Waals surface area contributed by atoms with Gasteiger partial charge < -0.3 is 14.5 Å². The van der Waals surface area contributed by atoms with Crippen LogP contribution < -0.4 is 10.1 Å². The fourth-order valence-electron chi connectivity index (χ4n) is 1.90. The zero-order valence-electron chi connectivity index (χ0n) is 9.76. The predicted molar refractivity (Wildman–Crippen MR) is 62.2 cm³/mol. The summed E-state index contributed by atoms with van der Waals surface area (Å²) in [7, 11) is 0. The van der Waals surface area contributed by atoms with Gasteiger partial charge in [-0.3, -0.25) is 4.79 Å². The van der Waals surface area contributed by atoms with E-state index in [9.17, 15) is 4.79 Å². The molecule has 1 aliphatic heterocycles. The van der Waals surface area contributed by atoms with Crippen LogP contribution in [-0.2, 0) is 13.1 Å². The number of amides is 1. The average molecular weight is 247 g/mol. The molecule has 0 atom stereocenters. The van der Waals surface area contributed by atoms with Crippen molar-refractivity contribution in [1.82, 2.24) is 15.1 Å². The molecule has 6 heteroatoms. The highest BCUT2D eigenvalue weighted by Gasteiger charge is 2.21. The Labute approximate surface area is 104 Å². The molecule has 3 heterocycles. The van der Waals surface area contributed by atoms with Gasteiger partial charge in [-0.1, -0.05) is 0 Å². The smallest absolute Gasteiger partial charge is 0.258 e. The van der Waals surface area contributed by atoms with Gasteiger partial charge in [0, 0.05) is 13.0 Å². The van der Waals surface area contributed by atoms with Crippen LogP contribution in [0.4, 0.5) is 0 Å². The number of carbonyl (C=O) groups excluding carboxylic acids is 1. The molecule has 94 valence electrons. The summed E-state index contributed by atoms with van der Waals surface area (Å²) in [6, 6.07) is 3.59. The molecule has 2 aromatic rings. The molecule has 0 aromatic carbocycles. The molecule has 1 amide bonds. The van der Waals surface area contributed by atoms with Crippen molar-refractivity contribution in [3.05, 3.63) is 35.9 Å². The lowest BCUT2D eigenvalue weighted by Crippen LogP contribution is -2.24. The van der Waals surface area contributed by atoms with Gasteiger partial charge in [0.1, 0.15) is 11.3 Å². The Balaban J connectivity index is 1.70. The fourth-order valence-corrected chi connectivity index (χ4v) is 1.90. The number of rotatable bonds is 3. The van der Waals surface area contributed by atoms with Crippen molar-refractivity contribution in [2.24, 2.45) is 0 Å². The number of aryl methyl sites for hydroxylation is 1. The number of ether oxygens (including phenoxy) is 1. The van der Waals surface area contributed by atoms with Crippen LogP contribution in [0.1, 0.15) is 22.5 Å². The molecule has 0 aliphatic carbocycles. The Bertz CT molecular complexity index is 545. The number of aromatic nitrogens is 2. The fraction of sp³-hybridized carbons (Fsp3) is 0.333. The van der Waals surface area contributed by atoms with E-state index in [0.29, 0.717) is 30.4 Å². The number of nitrogens with one attached hydrogen (secondary N) is 1. The molecule has 0 spiro atoms. The van der Waals surface area contributed by atoms with Crippen LogP contribution in [0.25, 0.3) is 0 Å². The second-order valence-corrected chi connectivity index (χ2v) is 4.05. The van der Waals surface area contributed by atoms with Crippen molar-refractivity contribution in [3.8, 4) is 5.88 Å². The molecule has 0 saturated carbocycles. The average Bonchev–Trinajstić information content (AvgIpc) is 3.05. The second-order valence-electron chi connectivity index (χ2n) is 4.05. The maximum atomic E-state index is 12.0. The summed E-state index contributed by atoms with van der Waals surface area (Å²) in [4.78, 5) is 12.0. The molecule has 1 aliphatic rings. The maximum absolute atomic E-state index is 12.0. The van der Waals surface area contributed by atoms with Crippen molar-refractivity contribution in [2.45, 2.75) is 19.5 Å². The summed E-state index contributed by atoms with van der Waals surface area (Å²) in [5.41, 5.74) is 0.473. The van der Waals surface area contributed by atoms with Crippen LogP contribution in [0, 0.1) is 0 Å². The molecule has 0 fully saturated rings. The minimum absolute atomic E-state index is 0.199. The Morgan fingerprint density at radius 1 is 1.56 bits per heavy atom. The van der Waals surface area contributed by atoms with Gasteiger partial charge in [-0.25, -0.2) is 4.68 Å². The summed E-state index contributed by atoms with van der Waals surface area (Å²) in [5.74, 6) is 1.07. The van der Waals surface area contributed by atoms with E-state index in [1.54, 1.807) is 17.0 Å². The Morgan fingerprint density at radius 2 is 2.50 bits per heavy atom. The largest absolute Gasteiger partial charge is 0.477 e. The molecule has 18 heavy (non-hydrogen) atoms. The molecular formula is C12H13N3O3. The number of nitrogens with zero attached hydrogens (tertiary/aromatic N) is 2. The van der Waals surface area contributed by atoms with Crippen LogP contribution in [0.15, 0.2) is 29.0 Å². The van der Waals surface area contributed by atoms with E-state index in [1.165, 1.54) is 6.20 Å². The topological polar surface area (TPSA) is 69.3 Å². The van der Waals surface area contributed by atoms with Gasteiger partial charge >= 0.3 is 0 Å². The molecule has 1 N–H and O–H groups in total. The van der Waals surface area contributed by atoms with Gasteiger partial charge in [-0.05, 0) is 12.1 Å². The molecule has 3 rings (SSSR count). The van der Waals surface area contributed by atoms with Crippen LogP contribution in [0.5, 0.6) is 5.88 Å². The standard InChI is InChI=1S/C12H13N3O3/c16-11(13-7-9-3-1-5-17-9)10-8-14-15-4-2-6-18-12(10)15/h1,3,5,8H,2,4,6-7H2,(H,13,16). The van der Waals surface area contributed by atoms with Gasteiger partial charge in [0.15, 0.2) is 0 Å². The van der Waals surface area contributed by atoms with E-state index in [-0.39, 0.29) is 5.91 Å². The summed E-state index contributed by atoms with van der Waals surface area (Å²) >= 11 is 0. The van der Waals surface area contributed by atoms with E-state index < -0.39 is 0 Å². The maximum Gasteiger partial charge on any atom is 0.258 e. The third-order valence-electron chi connectivity index (χ3n) is 2.79. The van der Waals surface area contributed by atoms with Gasteiger partial charge in [-0.15, -0.1) is 0 Å². The lowest BCUT2D eigenvalue weighted by atomic mass is 10.3. The van der Waals surface area contributed by atoms with Crippen molar-refractivity contribution in [1.29, 1.82) is 0 Å². The first-order chi connectivity index (χ1) is 8.84. The molecule has 0 unspecified atom stereocenters. The quantitative estimate of drug-likeness (QED) is 0.884. The summed E-state index contributed by atoms with van der Waals surface area (Å²) in [5, 5.41) is 6.90. The highest BCUT2D eigenvalue weighted by atomic mass is 16.5. The molecule has 0 bridgehead atoms. The van der Waals surface area contributed by atoms with Gasteiger partial charge in [0.2, 0.25) is 5.88 Å². The number of hydrogen-bond donors (Lipinski definition) is 1. The molecule has 0 saturated heterocycles. The minimum atomic E-state index is -0.199. The van der Waals surface area contributed by atoms with Crippen molar-refractivity contribution in [3.63, 3.8) is 0 Å². The number of fused-ring (bicyclic) bond motifs is 1. The van der Waals surface area contributed by atoms with Gasteiger partial charge in [0.05, 0.1) is 25.6 Å². The zero-order valence-corrected chi connectivity index (χ0v) is 9.76. The van der Waals surface area contributed by atoms with Crippen molar-refractivity contribution in [2.75, 3.05) is 6.61 Å². The Morgan fingerprint density at radius 3 is 3.33 bits per heavy atom. The first-order valence-electron chi connectivity index (χ1n) is 5.84. The third kappa shape index (κ3) is 1.97. The molecule has 6 nitrogen and oxygen atoms in total. The number of hydrogen-bond acceptors (Lipinski definition) is 4. The minimum Gasteiger partial charge on any atom is -0.477 e. The van der Waals surface area contributed by atoms with Gasteiger partial charge in [-0.2, -0.15) is 5.10 Å². The molecule has 2 aromatic heterocycles. The van der Waals surface area contributed by atoms with E-state index in [2.05, 4.69) is 10.4 Å². The van der Waals surface area contributed by atoms with Crippen LogP contribution in [0.3, 0.4) is 0 Å². The van der Waals surface area contributed by atoms with Crippen molar-refractivity contribution < 1.29 is 13.9 Å². The normalized spacial score (nSPS) is 13.8.